The zero-order valence-electron chi connectivity index (χ0n) is 15.3. The number of hydrogen-bond acceptors (Lipinski definition) is 6. The van der Waals surface area contributed by atoms with E-state index in [-0.39, 0.29) is 5.91 Å². The Balaban J connectivity index is 1.45. The van der Waals surface area contributed by atoms with Crippen molar-refractivity contribution in [2.45, 2.75) is 13.8 Å². The van der Waals surface area contributed by atoms with Crippen LogP contribution in [0.1, 0.15) is 12.5 Å². The van der Waals surface area contributed by atoms with Gasteiger partial charge in [-0.05, 0) is 43.7 Å². The highest BCUT2D eigenvalue weighted by atomic mass is 16.5. The second kappa shape index (κ2) is 8.62. The van der Waals surface area contributed by atoms with Crippen molar-refractivity contribution in [3.05, 3.63) is 42.2 Å². The number of amides is 1. The third-order valence-corrected chi connectivity index (χ3v) is 4.24. The number of hydrogen-bond donors (Lipinski definition) is 1. The Morgan fingerprint density at radius 1 is 1.12 bits per heavy atom. The van der Waals surface area contributed by atoms with Crippen LogP contribution in [0.25, 0.3) is 0 Å². The Morgan fingerprint density at radius 2 is 1.77 bits per heavy atom. The molecule has 26 heavy (non-hydrogen) atoms. The molecule has 1 amide bonds. The van der Waals surface area contributed by atoms with E-state index in [4.69, 9.17) is 4.74 Å². The van der Waals surface area contributed by atoms with Crippen molar-refractivity contribution in [3.63, 3.8) is 0 Å². The predicted octanol–water partition coefficient (Wildman–Crippen LogP) is 1.94. The summed E-state index contributed by atoms with van der Waals surface area (Å²) in [6.07, 6.45) is 3.66. The molecule has 1 fully saturated rings. The third-order valence-electron chi connectivity index (χ3n) is 4.24. The number of benzene rings is 1. The highest BCUT2D eigenvalue weighted by Crippen LogP contribution is 2.16. The largest absolute Gasteiger partial charge is 0.494 e. The van der Waals surface area contributed by atoms with Gasteiger partial charge in [0.1, 0.15) is 5.75 Å². The first-order chi connectivity index (χ1) is 12.6. The van der Waals surface area contributed by atoms with Crippen LogP contribution in [0.2, 0.25) is 0 Å². The first kappa shape index (κ1) is 18.1. The topological polar surface area (TPSA) is 70.6 Å². The van der Waals surface area contributed by atoms with Gasteiger partial charge in [-0.1, -0.05) is 0 Å². The lowest BCUT2D eigenvalue weighted by atomic mass is 10.3. The molecule has 0 spiro atoms. The number of anilines is 2. The zero-order chi connectivity index (χ0) is 18.4. The van der Waals surface area contributed by atoms with Crippen LogP contribution in [0.5, 0.6) is 5.75 Å². The summed E-state index contributed by atoms with van der Waals surface area (Å²) in [5.41, 5.74) is 1.84. The summed E-state index contributed by atoms with van der Waals surface area (Å²) in [6.45, 7) is 8.20. The monoisotopic (exact) mass is 355 g/mol. The van der Waals surface area contributed by atoms with E-state index in [9.17, 15) is 4.79 Å². The molecule has 138 valence electrons. The fourth-order valence-corrected chi connectivity index (χ4v) is 2.86. The first-order valence-corrected chi connectivity index (χ1v) is 8.92. The maximum absolute atomic E-state index is 12.3. The Hall–Kier alpha value is -2.67. The summed E-state index contributed by atoms with van der Waals surface area (Å²) >= 11 is 0. The highest BCUT2D eigenvalue weighted by Gasteiger charge is 2.20. The number of piperazine rings is 1. The summed E-state index contributed by atoms with van der Waals surface area (Å²) in [6, 6.07) is 7.43. The van der Waals surface area contributed by atoms with Crippen LogP contribution in [-0.2, 0) is 4.79 Å². The number of ether oxygens (including phenoxy) is 1. The molecule has 0 saturated carbocycles. The van der Waals surface area contributed by atoms with E-state index in [1.54, 1.807) is 0 Å². The van der Waals surface area contributed by atoms with Crippen molar-refractivity contribution in [2.24, 2.45) is 0 Å². The molecule has 3 rings (SSSR count). The average Bonchev–Trinajstić information content (AvgIpc) is 2.65. The summed E-state index contributed by atoms with van der Waals surface area (Å²) in [5, 5.41) is 2.93. The van der Waals surface area contributed by atoms with Gasteiger partial charge >= 0.3 is 0 Å². The summed E-state index contributed by atoms with van der Waals surface area (Å²) in [4.78, 5) is 25.3. The number of carbonyl (C=O) groups excluding carboxylic acids is 1. The van der Waals surface area contributed by atoms with Gasteiger partial charge in [0.2, 0.25) is 11.9 Å². The third kappa shape index (κ3) is 4.92. The molecule has 0 aliphatic carbocycles. The number of aromatic nitrogens is 2. The second-order valence-electron chi connectivity index (χ2n) is 6.33. The number of rotatable bonds is 6. The van der Waals surface area contributed by atoms with Crippen LogP contribution >= 0.6 is 0 Å². The van der Waals surface area contributed by atoms with Crippen molar-refractivity contribution < 1.29 is 9.53 Å². The van der Waals surface area contributed by atoms with Crippen molar-refractivity contribution in [2.75, 3.05) is 49.5 Å². The lowest BCUT2D eigenvalue weighted by Gasteiger charge is -2.34. The van der Waals surface area contributed by atoms with E-state index in [2.05, 4.69) is 25.1 Å². The van der Waals surface area contributed by atoms with Gasteiger partial charge in [-0.25, -0.2) is 9.97 Å². The van der Waals surface area contributed by atoms with Gasteiger partial charge in [0, 0.05) is 44.3 Å². The average molecular weight is 355 g/mol. The molecule has 1 saturated heterocycles. The van der Waals surface area contributed by atoms with Gasteiger partial charge in [-0.3, -0.25) is 9.69 Å². The fraction of sp³-hybridized carbons (Fsp3) is 0.421. The molecular weight excluding hydrogens is 330 g/mol. The van der Waals surface area contributed by atoms with Gasteiger partial charge in [0.25, 0.3) is 0 Å². The smallest absolute Gasteiger partial charge is 0.238 e. The van der Waals surface area contributed by atoms with Crippen molar-refractivity contribution in [3.8, 4) is 5.75 Å². The molecule has 0 radical (unpaired) electrons. The molecule has 1 aromatic carbocycles. The van der Waals surface area contributed by atoms with E-state index in [0.29, 0.717) is 13.2 Å². The molecule has 0 bridgehead atoms. The van der Waals surface area contributed by atoms with Crippen molar-refractivity contribution >= 4 is 17.5 Å². The Kier molecular flexibility index (Phi) is 6.01. The number of nitrogens with one attached hydrogen (secondary N) is 1. The van der Waals surface area contributed by atoms with Crippen LogP contribution in [0.3, 0.4) is 0 Å². The minimum atomic E-state index is -0.00537. The quantitative estimate of drug-likeness (QED) is 0.854. The van der Waals surface area contributed by atoms with Crippen LogP contribution in [0.15, 0.2) is 36.7 Å². The molecular formula is C19H25N5O2. The molecule has 0 atom stereocenters. The molecule has 2 heterocycles. The van der Waals surface area contributed by atoms with Crippen LogP contribution < -0.4 is 15.0 Å². The maximum atomic E-state index is 12.3. The van der Waals surface area contributed by atoms with E-state index in [1.165, 1.54) is 0 Å². The van der Waals surface area contributed by atoms with Gasteiger partial charge in [0.15, 0.2) is 0 Å². The minimum absolute atomic E-state index is 0.00537. The molecule has 7 heteroatoms. The lowest BCUT2D eigenvalue weighted by Crippen LogP contribution is -2.49. The van der Waals surface area contributed by atoms with Gasteiger partial charge in [0.05, 0.1) is 13.2 Å². The van der Waals surface area contributed by atoms with E-state index < -0.39 is 0 Å². The Labute approximate surface area is 154 Å². The van der Waals surface area contributed by atoms with Crippen molar-refractivity contribution in [1.29, 1.82) is 0 Å². The van der Waals surface area contributed by atoms with E-state index in [0.717, 1.165) is 49.1 Å². The van der Waals surface area contributed by atoms with E-state index in [1.807, 2.05) is 50.5 Å². The van der Waals surface area contributed by atoms with Crippen LogP contribution in [-0.4, -0.2) is 60.1 Å². The van der Waals surface area contributed by atoms with Gasteiger partial charge in [-0.2, -0.15) is 0 Å². The number of carbonyl (C=O) groups is 1. The minimum Gasteiger partial charge on any atom is -0.494 e. The standard InChI is InChI=1S/C19H25N5O2/c1-3-26-17-6-4-16(5-7-17)22-18(25)14-23-8-10-24(11-9-23)19-20-12-15(2)13-21-19/h4-7,12-13H,3,8-11,14H2,1-2H3,(H,22,25). The predicted molar refractivity (Wildman–Crippen MR) is 102 cm³/mol. The summed E-state index contributed by atoms with van der Waals surface area (Å²) in [5.74, 6) is 1.56. The second-order valence-corrected chi connectivity index (χ2v) is 6.33. The Bertz CT molecular complexity index is 710. The molecule has 2 aromatic rings. The highest BCUT2D eigenvalue weighted by molar-refractivity contribution is 5.92. The first-order valence-electron chi connectivity index (χ1n) is 8.92. The van der Waals surface area contributed by atoms with E-state index >= 15 is 0 Å². The molecule has 0 unspecified atom stereocenters. The molecule has 1 aliphatic rings. The lowest BCUT2D eigenvalue weighted by molar-refractivity contribution is -0.117. The number of aryl methyl sites for hydroxylation is 1. The molecule has 7 nitrogen and oxygen atoms in total. The molecule has 1 aliphatic heterocycles. The Morgan fingerprint density at radius 3 is 2.38 bits per heavy atom. The fourth-order valence-electron chi connectivity index (χ4n) is 2.86. The normalized spacial score (nSPS) is 14.9. The SMILES string of the molecule is CCOc1ccc(NC(=O)CN2CCN(c3ncc(C)cn3)CC2)cc1. The van der Waals surface area contributed by atoms with Crippen molar-refractivity contribution in [1.82, 2.24) is 14.9 Å². The summed E-state index contributed by atoms with van der Waals surface area (Å²) in [7, 11) is 0. The maximum Gasteiger partial charge on any atom is 0.238 e. The molecule has 1 N–H and O–H groups in total. The molecule has 1 aromatic heterocycles. The van der Waals surface area contributed by atoms with Crippen LogP contribution in [0, 0.1) is 6.92 Å². The van der Waals surface area contributed by atoms with Gasteiger partial charge in [-0.15, -0.1) is 0 Å². The zero-order valence-corrected chi connectivity index (χ0v) is 15.3. The number of nitrogens with zero attached hydrogens (tertiary/aromatic N) is 4. The van der Waals surface area contributed by atoms with Gasteiger partial charge < -0.3 is 15.0 Å². The van der Waals surface area contributed by atoms with Crippen LogP contribution in [0.4, 0.5) is 11.6 Å². The summed E-state index contributed by atoms with van der Waals surface area (Å²) < 4.78 is 5.40.